The number of para-hydroxylation sites is 1. The second-order valence-electron chi connectivity index (χ2n) is 5.21. The Labute approximate surface area is 119 Å². The second-order valence-corrected chi connectivity index (χ2v) is 5.21. The molecule has 0 amide bonds. The fourth-order valence-corrected chi connectivity index (χ4v) is 2.59. The van der Waals surface area contributed by atoms with Crippen LogP contribution in [0.4, 0.5) is 5.69 Å². The molecule has 0 bridgehead atoms. The highest BCUT2D eigenvalue weighted by atomic mass is 14.8. The Kier molecular flexibility index (Phi) is 3.46. The van der Waals surface area contributed by atoms with Gasteiger partial charge in [0.05, 0.1) is 12.2 Å². The normalized spacial score (nSPS) is 14.7. The summed E-state index contributed by atoms with van der Waals surface area (Å²) in [5, 5.41) is 0. The molecule has 0 fully saturated rings. The van der Waals surface area contributed by atoms with Gasteiger partial charge in [-0.05, 0) is 31.0 Å². The van der Waals surface area contributed by atoms with Crippen LogP contribution in [0.25, 0.3) is 0 Å². The first kappa shape index (κ1) is 12.8. The maximum atomic E-state index is 4.37. The van der Waals surface area contributed by atoms with Crippen LogP contribution < -0.4 is 0 Å². The monoisotopic (exact) mass is 262 g/mol. The highest BCUT2D eigenvalue weighted by Crippen LogP contribution is 2.25. The third-order valence-corrected chi connectivity index (χ3v) is 3.64. The van der Waals surface area contributed by atoms with Crippen molar-refractivity contribution in [2.45, 2.75) is 26.8 Å². The Hall–Kier alpha value is -2.22. The van der Waals surface area contributed by atoms with E-state index in [1.54, 1.807) is 0 Å². The van der Waals surface area contributed by atoms with E-state index in [9.17, 15) is 0 Å². The summed E-state index contributed by atoms with van der Waals surface area (Å²) in [6, 6.07) is 16.7. The fraction of sp³-hybridized carbons (Fsp3) is 0.222. The zero-order valence-corrected chi connectivity index (χ0v) is 11.9. The van der Waals surface area contributed by atoms with E-state index in [0.29, 0.717) is 0 Å². The van der Waals surface area contributed by atoms with Crippen molar-refractivity contribution >= 4 is 17.1 Å². The molecule has 2 aromatic carbocycles. The van der Waals surface area contributed by atoms with E-state index < -0.39 is 0 Å². The minimum atomic E-state index is 0.877. The Morgan fingerprint density at radius 1 is 0.850 bits per heavy atom. The molecular weight excluding hydrogens is 244 g/mol. The molecule has 0 atom stereocenters. The number of rotatable bonds is 0. The zero-order chi connectivity index (χ0) is 13.9. The highest BCUT2D eigenvalue weighted by molar-refractivity contribution is 6.01. The molecule has 0 N–H and O–H groups in total. The van der Waals surface area contributed by atoms with Crippen LogP contribution in [0.15, 0.2) is 58.5 Å². The van der Waals surface area contributed by atoms with Gasteiger partial charge in [-0.15, -0.1) is 0 Å². The van der Waals surface area contributed by atoms with Gasteiger partial charge >= 0.3 is 0 Å². The summed E-state index contributed by atoms with van der Waals surface area (Å²) in [6.07, 6.45) is 1.04. The van der Waals surface area contributed by atoms with Gasteiger partial charge in [-0.25, -0.2) is 0 Å². The lowest BCUT2D eigenvalue weighted by molar-refractivity contribution is 1.11. The smallest absolute Gasteiger partial charge is 0.0664 e. The molecule has 0 saturated carbocycles. The van der Waals surface area contributed by atoms with Gasteiger partial charge in [-0.3, -0.25) is 9.98 Å². The third kappa shape index (κ3) is 2.55. The van der Waals surface area contributed by atoms with E-state index in [-0.39, 0.29) is 0 Å². The molecule has 2 aliphatic heterocycles. The molecule has 20 heavy (non-hydrogen) atoms. The minimum absolute atomic E-state index is 0.877. The van der Waals surface area contributed by atoms with Crippen LogP contribution in [-0.4, -0.2) is 11.4 Å². The molecule has 0 aromatic heterocycles. The number of fused-ring (bicyclic) bond motifs is 2. The van der Waals surface area contributed by atoms with Crippen LogP contribution in [-0.2, 0) is 13.0 Å². The SMILES string of the molecule is CC1=NCc2ccccc21.CC1=Nc2ccccc2C1. The topological polar surface area (TPSA) is 24.7 Å². The maximum absolute atomic E-state index is 4.37. The highest BCUT2D eigenvalue weighted by Gasteiger charge is 2.09. The molecule has 2 aliphatic rings. The first-order valence-electron chi connectivity index (χ1n) is 6.95. The van der Waals surface area contributed by atoms with Crippen LogP contribution in [0.5, 0.6) is 0 Å². The quantitative estimate of drug-likeness (QED) is 0.674. The van der Waals surface area contributed by atoms with Gasteiger partial charge in [-0.1, -0.05) is 42.5 Å². The Balaban J connectivity index is 0.000000121. The molecule has 2 heterocycles. The average molecular weight is 262 g/mol. The van der Waals surface area contributed by atoms with Gasteiger partial charge in [0, 0.05) is 23.4 Å². The zero-order valence-electron chi connectivity index (χ0n) is 11.9. The summed E-state index contributed by atoms with van der Waals surface area (Å²) in [5.74, 6) is 0. The summed E-state index contributed by atoms with van der Waals surface area (Å²) in [5.41, 5.74) is 7.60. The molecule has 0 radical (unpaired) electrons. The van der Waals surface area contributed by atoms with E-state index in [4.69, 9.17) is 0 Å². The number of hydrogen-bond donors (Lipinski definition) is 0. The first-order valence-corrected chi connectivity index (χ1v) is 6.95. The van der Waals surface area contributed by atoms with Gasteiger partial charge in [0.1, 0.15) is 0 Å². The van der Waals surface area contributed by atoms with E-state index in [2.05, 4.69) is 66.3 Å². The Bertz CT molecular complexity index is 696. The maximum Gasteiger partial charge on any atom is 0.0664 e. The van der Waals surface area contributed by atoms with Crippen molar-refractivity contribution in [3.05, 3.63) is 65.2 Å². The first-order chi connectivity index (χ1) is 9.74. The molecule has 2 aromatic rings. The Morgan fingerprint density at radius 3 is 2.30 bits per heavy atom. The van der Waals surface area contributed by atoms with Crippen molar-refractivity contribution in [1.82, 2.24) is 0 Å². The molecule has 2 heteroatoms. The lowest BCUT2D eigenvalue weighted by Crippen LogP contribution is -1.89. The van der Waals surface area contributed by atoms with Gasteiger partial charge < -0.3 is 0 Å². The molecule has 4 rings (SSSR count). The summed E-state index contributed by atoms with van der Waals surface area (Å²) >= 11 is 0. The van der Waals surface area contributed by atoms with E-state index in [0.717, 1.165) is 18.7 Å². The summed E-state index contributed by atoms with van der Waals surface area (Å²) < 4.78 is 0. The summed E-state index contributed by atoms with van der Waals surface area (Å²) in [4.78, 5) is 8.69. The van der Waals surface area contributed by atoms with Crippen molar-refractivity contribution in [3.8, 4) is 0 Å². The average Bonchev–Trinajstić information content (AvgIpc) is 3.02. The van der Waals surface area contributed by atoms with Crippen molar-refractivity contribution in [2.75, 3.05) is 0 Å². The van der Waals surface area contributed by atoms with Crippen molar-refractivity contribution in [2.24, 2.45) is 9.98 Å². The predicted molar refractivity (Wildman–Crippen MR) is 85.3 cm³/mol. The molecule has 100 valence electrons. The number of nitrogens with zero attached hydrogens (tertiary/aromatic N) is 2. The van der Waals surface area contributed by atoms with Gasteiger partial charge in [0.25, 0.3) is 0 Å². The van der Waals surface area contributed by atoms with Crippen molar-refractivity contribution < 1.29 is 0 Å². The molecular formula is C18H18N2. The van der Waals surface area contributed by atoms with Crippen LogP contribution in [0, 0.1) is 0 Å². The number of hydrogen-bond acceptors (Lipinski definition) is 2. The van der Waals surface area contributed by atoms with Gasteiger partial charge in [0.2, 0.25) is 0 Å². The lowest BCUT2D eigenvalue weighted by Gasteiger charge is -1.94. The van der Waals surface area contributed by atoms with E-state index in [1.807, 2.05) is 6.07 Å². The predicted octanol–water partition coefficient (Wildman–Crippen LogP) is 4.34. The third-order valence-electron chi connectivity index (χ3n) is 3.64. The van der Waals surface area contributed by atoms with Crippen LogP contribution in [0.3, 0.4) is 0 Å². The van der Waals surface area contributed by atoms with Gasteiger partial charge in [-0.2, -0.15) is 0 Å². The van der Waals surface area contributed by atoms with Crippen LogP contribution >= 0.6 is 0 Å². The number of benzene rings is 2. The molecule has 0 unspecified atom stereocenters. The molecule has 2 nitrogen and oxygen atoms in total. The van der Waals surface area contributed by atoms with Crippen molar-refractivity contribution in [1.29, 1.82) is 0 Å². The number of aliphatic imine (C=N–C) groups is 2. The summed E-state index contributed by atoms with van der Waals surface area (Å²) in [7, 11) is 0. The van der Waals surface area contributed by atoms with E-state index in [1.165, 1.54) is 28.1 Å². The summed E-state index contributed by atoms with van der Waals surface area (Å²) in [6.45, 7) is 5.01. The van der Waals surface area contributed by atoms with Crippen LogP contribution in [0.2, 0.25) is 0 Å². The minimum Gasteiger partial charge on any atom is -0.285 e. The second kappa shape index (κ2) is 5.41. The largest absolute Gasteiger partial charge is 0.285 e. The molecule has 0 aliphatic carbocycles. The van der Waals surface area contributed by atoms with Crippen LogP contribution in [0.1, 0.15) is 30.5 Å². The Morgan fingerprint density at radius 2 is 1.55 bits per heavy atom. The molecule has 0 saturated heterocycles. The lowest BCUT2D eigenvalue weighted by atomic mass is 10.1. The fourth-order valence-electron chi connectivity index (χ4n) is 2.59. The molecule has 0 spiro atoms. The van der Waals surface area contributed by atoms with Crippen molar-refractivity contribution in [3.63, 3.8) is 0 Å². The van der Waals surface area contributed by atoms with Gasteiger partial charge in [0.15, 0.2) is 0 Å². The standard InChI is InChI=1S/2C9H9N/c1-7-9-5-3-2-4-8(9)6-10-7;1-7-6-8-4-2-3-5-9(8)10-7/h2*2-5H,6H2,1H3. The van der Waals surface area contributed by atoms with E-state index >= 15 is 0 Å².